The van der Waals surface area contributed by atoms with Gasteiger partial charge >= 0.3 is 5.97 Å². The van der Waals surface area contributed by atoms with E-state index in [4.69, 9.17) is 21.1 Å². The SMILES string of the molecule is CCOC(=O)C1=C(C)Nc2nc(SCc3ccc(F)cc3Cl)nn2[C@@H]1c1ccc(OC)cc1. The highest BCUT2D eigenvalue weighted by Crippen LogP contribution is 2.37. The maximum absolute atomic E-state index is 13.3. The maximum atomic E-state index is 13.3. The van der Waals surface area contributed by atoms with Crippen molar-refractivity contribution < 1.29 is 18.7 Å². The van der Waals surface area contributed by atoms with E-state index in [1.165, 1.54) is 23.9 Å². The molecule has 0 spiro atoms. The van der Waals surface area contributed by atoms with Gasteiger partial charge in [0.25, 0.3) is 0 Å². The van der Waals surface area contributed by atoms with Gasteiger partial charge in [0.15, 0.2) is 0 Å². The molecule has 7 nitrogen and oxygen atoms in total. The number of hydrogen-bond donors (Lipinski definition) is 1. The predicted octanol–water partition coefficient (Wildman–Crippen LogP) is 5.22. The van der Waals surface area contributed by atoms with E-state index >= 15 is 0 Å². The molecule has 0 unspecified atom stereocenters. The van der Waals surface area contributed by atoms with E-state index in [0.717, 1.165) is 11.1 Å². The van der Waals surface area contributed by atoms with Crippen LogP contribution in [0.4, 0.5) is 10.3 Å². The minimum absolute atomic E-state index is 0.259. The lowest BCUT2D eigenvalue weighted by Gasteiger charge is -2.28. The second kappa shape index (κ2) is 9.84. The fourth-order valence-electron chi connectivity index (χ4n) is 3.54. The van der Waals surface area contributed by atoms with Crippen molar-refractivity contribution in [2.75, 3.05) is 19.0 Å². The normalized spacial score (nSPS) is 15.1. The summed E-state index contributed by atoms with van der Waals surface area (Å²) < 4.78 is 25.6. The van der Waals surface area contributed by atoms with Crippen LogP contribution in [0.5, 0.6) is 5.75 Å². The predicted molar refractivity (Wildman–Crippen MR) is 125 cm³/mol. The van der Waals surface area contributed by atoms with Gasteiger partial charge in [0.1, 0.15) is 17.6 Å². The fourth-order valence-corrected chi connectivity index (χ4v) is 4.69. The summed E-state index contributed by atoms with van der Waals surface area (Å²) in [7, 11) is 1.60. The molecule has 10 heteroatoms. The van der Waals surface area contributed by atoms with Gasteiger partial charge in [-0.25, -0.2) is 13.9 Å². The van der Waals surface area contributed by atoms with Crippen LogP contribution in [0.2, 0.25) is 5.02 Å². The van der Waals surface area contributed by atoms with Gasteiger partial charge < -0.3 is 14.8 Å². The van der Waals surface area contributed by atoms with Crippen LogP contribution in [-0.2, 0) is 15.3 Å². The summed E-state index contributed by atoms with van der Waals surface area (Å²) >= 11 is 7.51. The van der Waals surface area contributed by atoms with Crippen LogP contribution in [0.1, 0.15) is 31.0 Å². The van der Waals surface area contributed by atoms with Crippen molar-refractivity contribution in [3.05, 3.63) is 75.7 Å². The maximum Gasteiger partial charge on any atom is 0.338 e. The number of nitrogens with zero attached hydrogens (tertiary/aromatic N) is 3. The zero-order valence-corrected chi connectivity index (χ0v) is 19.8. The molecule has 4 rings (SSSR count). The van der Waals surface area contributed by atoms with E-state index in [1.54, 1.807) is 24.8 Å². The third-order valence-electron chi connectivity index (χ3n) is 5.13. The molecule has 1 aliphatic rings. The molecule has 0 bridgehead atoms. The number of fused-ring (bicyclic) bond motifs is 1. The number of hydrogen-bond acceptors (Lipinski definition) is 7. The summed E-state index contributed by atoms with van der Waals surface area (Å²) in [4.78, 5) is 17.4. The van der Waals surface area contributed by atoms with Gasteiger partial charge in [0.2, 0.25) is 11.1 Å². The van der Waals surface area contributed by atoms with Gasteiger partial charge in [-0.1, -0.05) is 41.6 Å². The van der Waals surface area contributed by atoms with Gasteiger partial charge in [-0.2, -0.15) is 4.98 Å². The molecule has 0 fully saturated rings. The Hall–Kier alpha value is -3.04. The number of esters is 1. The number of thioether (sulfide) groups is 1. The van der Waals surface area contributed by atoms with Crippen LogP contribution in [0.3, 0.4) is 0 Å². The Morgan fingerprint density at radius 2 is 2.03 bits per heavy atom. The number of aromatic nitrogens is 3. The first-order valence-corrected chi connectivity index (χ1v) is 11.6. The Balaban J connectivity index is 1.68. The van der Waals surface area contributed by atoms with Gasteiger partial charge in [-0.3, -0.25) is 0 Å². The molecule has 0 radical (unpaired) electrons. The third-order valence-corrected chi connectivity index (χ3v) is 6.37. The third kappa shape index (κ3) is 4.84. The van der Waals surface area contributed by atoms with Crippen LogP contribution in [0.15, 0.2) is 58.9 Å². The Kier molecular flexibility index (Phi) is 6.90. The molecule has 0 aliphatic carbocycles. The Bertz CT molecular complexity index is 1210. The van der Waals surface area contributed by atoms with Crippen molar-refractivity contribution in [3.63, 3.8) is 0 Å². The number of methoxy groups -OCH3 is 1. The lowest BCUT2D eigenvalue weighted by atomic mass is 9.96. The fraction of sp³-hybridized carbons (Fsp3) is 0.261. The molecular formula is C23H22ClFN4O3S. The zero-order chi connectivity index (χ0) is 23.5. The molecule has 172 valence electrons. The standard InChI is InChI=1S/C23H22ClFN4O3S/c1-4-32-21(30)19-13(2)26-22-27-23(33-12-15-5-8-16(25)11-18(15)24)28-29(22)20(19)14-6-9-17(31-3)10-7-14/h5-11,20H,4,12H2,1-3H3,(H,26,27,28)/t20-/m1/s1. The van der Waals surface area contributed by atoms with Crippen molar-refractivity contribution in [1.82, 2.24) is 14.8 Å². The number of benzene rings is 2. The molecule has 1 N–H and O–H groups in total. The molecule has 2 aromatic carbocycles. The lowest BCUT2D eigenvalue weighted by Crippen LogP contribution is -2.29. The number of nitrogens with one attached hydrogen (secondary N) is 1. The highest BCUT2D eigenvalue weighted by molar-refractivity contribution is 7.98. The highest BCUT2D eigenvalue weighted by Gasteiger charge is 2.35. The number of allylic oxidation sites excluding steroid dienone is 1. The lowest BCUT2D eigenvalue weighted by molar-refractivity contribution is -0.139. The van der Waals surface area contributed by atoms with E-state index in [2.05, 4.69) is 15.4 Å². The number of ether oxygens (including phenoxy) is 2. The van der Waals surface area contributed by atoms with E-state index in [1.807, 2.05) is 31.2 Å². The van der Waals surface area contributed by atoms with Crippen molar-refractivity contribution in [3.8, 4) is 5.75 Å². The molecule has 1 aromatic heterocycles. The molecule has 1 atom stereocenters. The Morgan fingerprint density at radius 3 is 2.70 bits per heavy atom. The van der Waals surface area contributed by atoms with Crippen LogP contribution < -0.4 is 10.1 Å². The monoisotopic (exact) mass is 488 g/mol. The van der Waals surface area contributed by atoms with Crippen LogP contribution in [0, 0.1) is 5.82 Å². The van der Waals surface area contributed by atoms with E-state index < -0.39 is 12.0 Å². The van der Waals surface area contributed by atoms with E-state index in [9.17, 15) is 9.18 Å². The first-order valence-electron chi connectivity index (χ1n) is 10.2. The molecule has 0 saturated carbocycles. The van der Waals surface area contributed by atoms with Crippen LogP contribution in [0.25, 0.3) is 0 Å². The molecule has 0 amide bonds. The minimum atomic E-state index is -0.525. The summed E-state index contributed by atoms with van der Waals surface area (Å²) in [6, 6.07) is 11.2. The molecule has 1 aliphatic heterocycles. The quantitative estimate of drug-likeness (QED) is 0.360. The van der Waals surface area contributed by atoms with Crippen molar-refractivity contribution >= 4 is 35.3 Å². The number of rotatable bonds is 7. The van der Waals surface area contributed by atoms with Crippen LogP contribution >= 0.6 is 23.4 Å². The Labute approximate surface area is 199 Å². The van der Waals surface area contributed by atoms with Gasteiger partial charge in [-0.05, 0) is 49.2 Å². The largest absolute Gasteiger partial charge is 0.497 e. The van der Waals surface area contributed by atoms with E-state index in [0.29, 0.717) is 38.9 Å². The summed E-state index contributed by atoms with van der Waals surface area (Å²) in [5, 5.41) is 8.66. The summed E-state index contributed by atoms with van der Waals surface area (Å²) in [6.45, 7) is 3.84. The topological polar surface area (TPSA) is 78.3 Å². The van der Waals surface area contributed by atoms with Gasteiger partial charge in [0.05, 0.1) is 19.3 Å². The average molecular weight is 489 g/mol. The molecule has 3 aromatic rings. The summed E-state index contributed by atoms with van der Waals surface area (Å²) in [6.07, 6.45) is 0. The second-order valence-electron chi connectivity index (χ2n) is 7.25. The summed E-state index contributed by atoms with van der Waals surface area (Å²) in [5.41, 5.74) is 2.71. The molecule has 33 heavy (non-hydrogen) atoms. The summed E-state index contributed by atoms with van der Waals surface area (Å²) in [5.74, 6) is 0.874. The molecule has 0 saturated heterocycles. The zero-order valence-electron chi connectivity index (χ0n) is 18.3. The number of carbonyl (C=O) groups excluding carboxylic acids is 1. The number of halogens is 2. The van der Waals surface area contributed by atoms with Gasteiger partial charge in [-0.15, -0.1) is 5.10 Å². The average Bonchev–Trinajstić information content (AvgIpc) is 3.20. The van der Waals surface area contributed by atoms with Crippen molar-refractivity contribution in [2.24, 2.45) is 0 Å². The second-order valence-corrected chi connectivity index (χ2v) is 8.60. The van der Waals surface area contributed by atoms with Crippen molar-refractivity contribution in [2.45, 2.75) is 30.8 Å². The smallest absolute Gasteiger partial charge is 0.338 e. The van der Waals surface area contributed by atoms with E-state index in [-0.39, 0.29) is 12.4 Å². The minimum Gasteiger partial charge on any atom is -0.497 e. The van der Waals surface area contributed by atoms with Crippen LogP contribution in [-0.4, -0.2) is 34.5 Å². The number of anilines is 1. The molecular weight excluding hydrogens is 467 g/mol. The number of carbonyl (C=O) groups is 1. The first-order chi connectivity index (χ1) is 15.9. The van der Waals surface area contributed by atoms with Crippen molar-refractivity contribution in [1.29, 1.82) is 0 Å². The molecule has 2 heterocycles. The first kappa shape index (κ1) is 23.1. The Morgan fingerprint density at radius 1 is 1.27 bits per heavy atom. The highest BCUT2D eigenvalue weighted by atomic mass is 35.5. The van der Waals surface area contributed by atoms with Gasteiger partial charge in [0, 0.05) is 16.5 Å².